The molecule has 0 heterocycles. The van der Waals surface area contributed by atoms with E-state index in [9.17, 15) is 19.7 Å². The van der Waals surface area contributed by atoms with E-state index in [4.69, 9.17) is 9.47 Å². The van der Waals surface area contributed by atoms with Gasteiger partial charge in [0.2, 0.25) is 11.7 Å². The first-order valence-electron chi connectivity index (χ1n) is 10.9. The maximum Gasteiger partial charge on any atom is 0.311 e. The quantitative estimate of drug-likeness (QED) is 0.385. The molecule has 2 aromatic carbocycles. The van der Waals surface area contributed by atoms with Gasteiger partial charge in [0, 0.05) is 25.2 Å². The minimum atomic E-state index is -0.653. The van der Waals surface area contributed by atoms with E-state index in [1.165, 1.54) is 30.2 Å². The van der Waals surface area contributed by atoms with Gasteiger partial charge in [-0.2, -0.15) is 0 Å². The zero-order valence-electron chi connectivity index (χ0n) is 19.5. The lowest BCUT2D eigenvalue weighted by molar-refractivity contribution is -0.385. The van der Waals surface area contributed by atoms with Crippen LogP contribution in [-0.2, 0) is 16.1 Å². The zero-order chi connectivity index (χ0) is 24.4. The van der Waals surface area contributed by atoms with Gasteiger partial charge in [0.25, 0.3) is 5.91 Å². The Morgan fingerprint density at radius 2 is 1.94 bits per heavy atom. The minimum Gasteiger partial charge on any atom is -0.490 e. The van der Waals surface area contributed by atoms with Crippen molar-refractivity contribution in [3.05, 3.63) is 63.7 Å². The van der Waals surface area contributed by atoms with Gasteiger partial charge in [-0.05, 0) is 31.4 Å². The van der Waals surface area contributed by atoms with Gasteiger partial charge in [0.15, 0.2) is 6.61 Å². The van der Waals surface area contributed by atoms with Crippen LogP contribution in [-0.4, -0.2) is 47.9 Å². The molecule has 0 unspecified atom stereocenters. The molecule has 1 atom stereocenters. The van der Waals surface area contributed by atoms with Crippen molar-refractivity contribution in [2.24, 2.45) is 0 Å². The maximum absolute atomic E-state index is 13.2. The third-order valence-corrected chi connectivity index (χ3v) is 5.08. The van der Waals surface area contributed by atoms with Crippen molar-refractivity contribution in [3.63, 3.8) is 0 Å². The van der Waals surface area contributed by atoms with Crippen LogP contribution >= 0.6 is 0 Å². The Hall–Kier alpha value is -3.62. The molecule has 0 saturated heterocycles. The fourth-order valence-electron chi connectivity index (χ4n) is 3.42. The van der Waals surface area contributed by atoms with E-state index in [-0.39, 0.29) is 42.2 Å². The summed E-state index contributed by atoms with van der Waals surface area (Å²) in [6.07, 6.45) is 1.23. The standard InChI is InChI=1S/C24H31N3O6/c1-5-12-25-24(29)20(6-2)26(15-18-9-7-8-17(3)13-18)23(28)16-33-19-10-11-21(27(30)31)22(14-19)32-4/h7-11,13-14,20H,5-6,12,15-16H2,1-4H3,(H,25,29)/t20-/m1/s1. The summed E-state index contributed by atoms with van der Waals surface area (Å²) >= 11 is 0. The van der Waals surface area contributed by atoms with Crippen LogP contribution in [0, 0.1) is 17.0 Å². The molecule has 2 rings (SSSR count). The minimum absolute atomic E-state index is 0.0342. The van der Waals surface area contributed by atoms with Crippen LogP contribution in [0.2, 0.25) is 0 Å². The summed E-state index contributed by atoms with van der Waals surface area (Å²) in [4.78, 5) is 38.0. The molecule has 33 heavy (non-hydrogen) atoms. The van der Waals surface area contributed by atoms with Gasteiger partial charge < -0.3 is 19.7 Å². The molecule has 9 heteroatoms. The molecule has 0 fully saturated rings. The highest BCUT2D eigenvalue weighted by molar-refractivity contribution is 5.88. The zero-order valence-corrected chi connectivity index (χ0v) is 19.5. The highest BCUT2D eigenvalue weighted by Crippen LogP contribution is 2.30. The van der Waals surface area contributed by atoms with Crippen molar-refractivity contribution < 1.29 is 24.0 Å². The molecule has 0 bridgehead atoms. The summed E-state index contributed by atoms with van der Waals surface area (Å²) in [5.41, 5.74) is 1.76. The lowest BCUT2D eigenvalue weighted by atomic mass is 10.1. The number of amides is 2. The molecule has 2 amide bonds. The number of carbonyl (C=O) groups is 2. The van der Waals surface area contributed by atoms with Crippen LogP contribution in [0.1, 0.15) is 37.8 Å². The number of aryl methyl sites for hydroxylation is 1. The van der Waals surface area contributed by atoms with E-state index in [0.29, 0.717) is 13.0 Å². The van der Waals surface area contributed by atoms with Crippen molar-refractivity contribution in [1.29, 1.82) is 0 Å². The summed E-state index contributed by atoms with van der Waals surface area (Å²) in [5.74, 6) is -0.290. The highest BCUT2D eigenvalue weighted by Gasteiger charge is 2.29. The third-order valence-electron chi connectivity index (χ3n) is 5.08. The second-order valence-electron chi connectivity index (χ2n) is 7.61. The van der Waals surface area contributed by atoms with E-state index in [0.717, 1.165) is 17.5 Å². The molecular weight excluding hydrogens is 426 g/mol. The van der Waals surface area contributed by atoms with Gasteiger partial charge in [-0.15, -0.1) is 0 Å². The number of hydrogen-bond donors (Lipinski definition) is 1. The topological polar surface area (TPSA) is 111 Å². The number of benzene rings is 2. The molecule has 0 aliphatic rings. The van der Waals surface area contributed by atoms with Crippen molar-refractivity contribution in [1.82, 2.24) is 10.2 Å². The molecule has 178 valence electrons. The Labute approximate surface area is 193 Å². The van der Waals surface area contributed by atoms with Crippen LogP contribution in [0.4, 0.5) is 5.69 Å². The van der Waals surface area contributed by atoms with Crippen LogP contribution in [0.25, 0.3) is 0 Å². The Morgan fingerprint density at radius 1 is 1.18 bits per heavy atom. The van der Waals surface area contributed by atoms with Crippen LogP contribution in [0.15, 0.2) is 42.5 Å². The predicted octanol–water partition coefficient (Wildman–Crippen LogP) is 3.62. The summed E-state index contributed by atoms with van der Waals surface area (Å²) in [6, 6.07) is 11.1. The van der Waals surface area contributed by atoms with Crippen LogP contribution in [0.3, 0.4) is 0 Å². The summed E-state index contributed by atoms with van der Waals surface area (Å²) in [5, 5.41) is 13.9. The van der Waals surface area contributed by atoms with Gasteiger partial charge in [-0.1, -0.05) is 43.7 Å². The maximum atomic E-state index is 13.2. The van der Waals surface area contributed by atoms with E-state index < -0.39 is 11.0 Å². The smallest absolute Gasteiger partial charge is 0.311 e. The van der Waals surface area contributed by atoms with E-state index in [2.05, 4.69) is 5.32 Å². The fraction of sp³-hybridized carbons (Fsp3) is 0.417. The van der Waals surface area contributed by atoms with E-state index in [1.807, 2.05) is 45.0 Å². The average molecular weight is 458 g/mol. The summed E-state index contributed by atoms with van der Waals surface area (Å²) < 4.78 is 10.7. The summed E-state index contributed by atoms with van der Waals surface area (Å²) in [6.45, 7) is 6.24. The molecule has 0 aliphatic heterocycles. The Morgan fingerprint density at radius 3 is 2.55 bits per heavy atom. The van der Waals surface area contributed by atoms with Gasteiger partial charge in [-0.25, -0.2) is 0 Å². The first kappa shape index (κ1) is 25.6. The van der Waals surface area contributed by atoms with Crippen LogP contribution < -0.4 is 14.8 Å². The second kappa shape index (κ2) is 12.4. The molecule has 0 saturated carbocycles. The predicted molar refractivity (Wildman–Crippen MR) is 124 cm³/mol. The second-order valence-corrected chi connectivity index (χ2v) is 7.61. The van der Waals surface area contributed by atoms with Gasteiger partial charge >= 0.3 is 5.69 Å². The molecule has 0 radical (unpaired) electrons. The number of nitrogens with zero attached hydrogens (tertiary/aromatic N) is 2. The molecule has 2 aromatic rings. The number of rotatable bonds is 12. The van der Waals surface area contributed by atoms with Crippen molar-refractivity contribution in [3.8, 4) is 11.5 Å². The number of nitro benzene ring substituents is 1. The molecule has 1 N–H and O–H groups in total. The van der Waals surface area contributed by atoms with E-state index >= 15 is 0 Å². The van der Waals surface area contributed by atoms with Crippen LogP contribution in [0.5, 0.6) is 11.5 Å². The fourth-order valence-corrected chi connectivity index (χ4v) is 3.42. The van der Waals surface area contributed by atoms with E-state index in [1.54, 1.807) is 0 Å². The number of nitro groups is 1. The summed E-state index contributed by atoms with van der Waals surface area (Å²) in [7, 11) is 1.32. The normalized spacial score (nSPS) is 11.4. The van der Waals surface area contributed by atoms with Crippen molar-refractivity contribution in [2.75, 3.05) is 20.3 Å². The lowest BCUT2D eigenvalue weighted by Crippen LogP contribution is -2.50. The molecular formula is C24H31N3O6. The number of nitrogens with one attached hydrogen (secondary N) is 1. The van der Waals surface area contributed by atoms with Gasteiger partial charge in [0.05, 0.1) is 12.0 Å². The Balaban J connectivity index is 2.23. The Kier molecular flexibility index (Phi) is 9.65. The Bertz CT molecular complexity index is 978. The SMILES string of the molecule is CCCNC(=O)[C@@H](CC)N(Cc1cccc(C)c1)C(=O)COc1ccc([N+](=O)[O-])c(OC)c1. The molecule has 0 aromatic heterocycles. The van der Waals surface area contributed by atoms with Gasteiger partial charge in [-0.3, -0.25) is 19.7 Å². The number of carbonyl (C=O) groups excluding carboxylic acids is 2. The highest BCUT2D eigenvalue weighted by atomic mass is 16.6. The average Bonchev–Trinajstić information content (AvgIpc) is 2.80. The number of hydrogen-bond acceptors (Lipinski definition) is 6. The van der Waals surface area contributed by atoms with Crippen molar-refractivity contribution >= 4 is 17.5 Å². The molecule has 9 nitrogen and oxygen atoms in total. The molecule has 0 spiro atoms. The van der Waals surface area contributed by atoms with Gasteiger partial charge in [0.1, 0.15) is 11.8 Å². The first-order valence-corrected chi connectivity index (χ1v) is 10.9. The molecule has 0 aliphatic carbocycles. The number of ether oxygens (including phenoxy) is 2. The van der Waals surface area contributed by atoms with Crippen molar-refractivity contribution in [2.45, 2.75) is 46.2 Å². The lowest BCUT2D eigenvalue weighted by Gasteiger charge is -2.30. The number of methoxy groups -OCH3 is 1. The monoisotopic (exact) mass is 457 g/mol. The third kappa shape index (κ3) is 7.20. The largest absolute Gasteiger partial charge is 0.490 e. The first-order chi connectivity index (χ1) is 15.8.